The van der Waals surface area contributed by atoms with Gasteiger partial charge in [0.15, 0.2) is 0 Å². The van der Waals surface area contributed by atoms with E-state index in [0.29, 0.717) is 6.42 Å². The Kier molecular flexibility index (Phi) is 3.43. The highest BCUT2D eigenvalue weighted by atomic mass is 15.1. The Balaban J connectivity index is 1.94. The van der Waals surface area contributed by atoms with Gasteiger partial charge in [-0.15, -0.1) is 0 Å². The summed E-state index contributed by atoms with van der Waals surface area (Å²) in [5.41, 5.74) is 9.24. The number of hydrogen-bond acceptors (Lipinski definition) is 4. The molecule has 1 atom stereocenters. The van der Waals surface area contributed by atoms with E-state index < -0.39 is 0 Å². The van der Waals surface area contributed by atoms with Crippen molar-refractivity contribution in [2.24, 2.45) is 5.73 Å². The lowest BCUT2D eigenvalue weighted by Gasteiger charge is -2.11. The van der Waals surface area contributed by atoms with Gasteiger partial charge in [0.2, 0.25) is 0 Å². The van der Waals surface area contributed by atoms with Crippen LogP contribution in [0.3, 0.4) is 0 Å². The maximum absolute atomic E-state index is 6.23. The smallest absolute Gasteiger partial charge is 0.115 e. The number of hydrogen-bond donors (Lipinski definition) is 1. The van der Waals surface area contributed by atoms with Crippen LogP contribution in [-0.2, 0) is 13.0 Å². The minimum absolute atomic E-state index is 0.167. The zero-order valence-corrected chi connectivity index (χ0v) is 11.4. The zero-order chi connectivity index (χ0) is 13.9. The molecule has 20 heavy (non-hydrogen) atoms. The molecule has 0 aliphatic heterocycles. The van der Waals surface area contributed by atoms with Crippen molar-refractivity contribution in [3.63, 3.8) is 0 Å². The Hall–Kier alpha value is -2.27. The van der Waals surface area contributed by atoms with Crippen molar-refractivity contribution in [1.29, 1.82) is 0 Å². The molecule has 3 aromatic rings. The molecule has 0 fully saturated rings. The van der Waals surface area contributed by atoms with Crippen molar-refractivity contribution < 1.29 is 0 Å². The fraction of sp³-hybridized carbons (Fsp3) is 0.267. The zero-order valence-electron chi connectivity index (χ0n) is 11.4. The molecular weight excluding hydrogens is 250 g/mol. The Labute approximate surface area is 117 Å². The second kappa shape index (κ2) is 5.38. The molecule has 3 rings (SSSR count). The second-order valence-corrected chi connectivity index (χ2v) is 4.71. The quantitative estimate of drug-likeness (QED) is 0.785. The summed E-state index contributed by atoms with van der Waals surface area (Å²) in [4.78, 5) is 12.8. The molecule has 1 unspecified atom stereocenters. The van der Waals surface area contributed by atoms with Crippen LogP contribution in [0.4, 0.5) is 0 Å². The monoisotopic (exact) mass is 267 g/mol. The summed E-state index contributed by atoms with van der Waals surface area (Å²) in [5.74, 6) is 1.000. The minimum Gasteiger partial charge on any atom is -0.328 e. The summed E-state index contributed by atoms with van der Waals surface area (Å²) < 4.78 is 2.20. The molecule has 0 spiro atoms. The second-order valence-electron chi connectivity index (χ2n) is 4.71. The molecular formula is C15H17N5. The van der Waals surface area contributed by atoms with Gasteiger partial charge in [-0.3, -0.25) is 0 Å². The largest absolute Gasteiger partial charge is 0.328 e. The summed E-state index contributed by atoms with van der Waals surface area (Å²) in [6, 6.07) is 9.84. The molecule has 102 valence electrons. The number of aromatic nitrogens is 4. The van der Waals surface area contributed by atoms with Crippen LogP contribution in [0.1, 0.15) is 24.5 Å². The summed E-state index contributed by atoms with van der Waals surface area (Å²) in [6.45, 7) is 3.00. The number of imidazole rings is 1. The summed E-state index contributed by atoms with van der Waals surface area (Å²) in [6.07, 6.45) is 3.91. The van der Waals surface area contributed by atoms with Crippen LogP contribution in [0.5, 0.6) is 0 Å². The fourth-order valence-electron chi connectivity index (χ4n) is 2.46. The molecule has 1 aromatic carbocycles. The highest BCUT2D eigenvalue weighted by Gasteiger charge is 2.14. The van der Waals surface area contributed by atoms with E-state index in [2.05, 4.69) is 32.5 Å². The minimum atomic E-state index is -0.167. The molecule has 0 aliphatic rings. The number of nitrogens with two attached hydrogens (primary N) is 1. The van der Waals surface area contributed by atoms with Crippen LogP contribution in [0.15, 0.2) is 42.9 Å². The van der Waals surface area contributed by atoms with Gasteiger partial charge in [0.05, 0.1) is 22.8 Å². The van der Waals surface area contributed by atoms with Crippen molar-refractivity contribution in [2.75, 3.05) is 0 Å². The van der Waals surface area contributed by atoms with Gasteiger partial charge in [0.25, 0.3) is 0 Å². The van der Waals surface area contributed by atoms with E-state index >= 15 is 0 Å². The average molecular weight is 267 g/mol. The van der Waals surface area contributed by atoms with Gasteiger partial charge in [-0.05, 0) is 25.1 Å². The highest BCUT2D eigenvalue weighted by molar-refractivity contribution is 5.75. The molecule has 2 N–H and O–H groups in total. The van der Waals surface area contributed by atoms with Crippen LogP contribution >= 0.6 is 0 Å². The first-order valence-electron chi connectivity index (χ1n) is 6.75. The van der Waals surface area contributed by atoms with Gasteiger partial charge in [-0.25, -0.2) is 15.0 Å². The fourth-order valence-corrected chi connectivity index (χ4v) is 2.46. The Morgan fingerprint density at radius 2 is 2.10 bits per heavy atom. The Morgan fingerprint density at radius 3 is 2.85 bits per heavy atom. The third-order valence-corrected chi connectivity index (χ3v) is 3.44. The van der Waals surface area contributed by atoms with Crippen molar-refractivity contribution in [2.45, 2.75) is 25.9 Å². The van der Waals surface area contributed by atoms with Gasteiger partial charge in [0, 0.05) is 19.2 Å². The van der Waals surface area contributed by atoms with Gasteiger partial charge >= 0.3 is 0 Å². The van der Waals surface area contributed by atoms with E-state index in [0.717, 1.165) is 29.1 Å². The normalized spacial score (nSPS) is 12.7. The lowest BCUT2D eigenvalue weighted by molar-refractivity contribution is 0.624. The van der Waals surface area contributed by atoms with E-state index in [-0.39, 0.29) is 6.04 Å². The summed E-state index contributed by atoms with van der Waals surface area (Å²) >= 11 is 0. The number of rotatable bonds is 4. The molecule has 2 aromatic heterocycles. The van der Waals surface area contributed by atoms with Gasteiger partial charge in [-0.2, -0.15) is 0 Å². The van der Waals surface area contributed by atoms with Crippen LogP contribution in [0.25, 0.3) is 11.0 Å². The first-order valence-corrected chi connectivity index (χ1v) is 6.75. The number of para-hydroxylation sites is 2. The highest BCUT2D eigenvalue weighted by Crippen LogP contribution is 2.19. The molecule has 0 saturated heterocycles. The van der Waals surface area contributed by atoms with Crippen LogP contribution in [-0.4, -0.2) is 19.5 Å². The SMILES string of the molecule is CCn1c(CC(N)c2ccncn2)nc2ccccc21. The van der Waals surface area contributed by atoms with Gasteiger partial charge in [-0.1, -0.05) is 12.1 Å². The molecule has 0 aliphatic carbocycles. The average Bonchev–Trinajstić information content (AvgIpc) is 2.85. The van der Waals surface area contributed by atoms with Crippen molar-refractivity contribution in [3.05, 3.63) is 54.4 Å². The van der Waals surface area contributed by atoms with Crippen LogP contribution < -0.4 is 5.73 Å². The lowest BCUT2D eigenvalue weighted by Crippen LogP contribution is -2.17. The van der Waals surface area contributed by atoms with E-state index in [1.165, 1.54) is 6.33 Å². The van der Waals surface area contributed by atoms with Crippen LogP contribution in [0, 0.1) is 0 Å². The Morgan fingerprint density at radius 1 is 1.25 bits per heavy atom. The van der Waals surface area contributed by atoms with E-state index in [1.807, 2.05) is 24.3 Å². The van der Waals surface area contributed by atoms with Crippen molar-refractivity contribution in [3.8, 4) is 0 Å². The standard InChI is InChI=1S/C15H17N5/c1-2-20-14-6-4-3-5-13(14)19-15(20)9-11(16)12-7-8-17-10-18-12/h3-8,10-11H,2,9,16H2,1H3. The molecule has 0 saturated carbocycles. The Bertz CT molecular complexity index is 705. The lowest BCUT2D eigenvalue weighted by atomic mass is 10.1. The van der Waals surface area contributed by atoms with Crippen molar-refractivity contribution >= 4 is 11.0 Å². The maximum Gasteiger partial charge on any atom is 0.115 e. The molecule has 0 bridgehead atoms. The van der Waals surface area contributed by atoms with Gasteiger partial charge < -0.3 is 10.3 Å². The van der Waals surface area contributed by atoms with Crippen molar-refractivity contribution in [1.82, 2.24) is 19.5 Å². The van der Waals surface area contributed by atoms with Crippen LogP contribution in [0.2, 0.25) is 0 Å². The number of nitrogens with zero attached hydrogens (tertiary/aromatic N) is 4. The van der Waals surface area contributed by atoms with E-state index in [1.54, 1.807) is 6.20 Å². The van der Waals surface area contributed by atoms with Gasteiger partial charge in [0.1, 0.15) is 12.2 Å². The molecule has 2 heterocycles. The number of fused-ring (bicyclic) bond motifs is 1. The topological polar surface area (TPSA) is 69.6 Å². The number of benzene rings is 1. The maximum atomic E-state index is 6.23. The first kappa shape index (κ1) is 12.7. The third kappa shape index (κ3) is 2.28. The number of aryl methyl sites for hydroxylation is 1. The summed E-state index contributed by atoms with van der Waals surface area (Å²) in [5, 5.41) is 0. The first-order chi connectivity index (χ1) is 9.79. The molecule has 5 nitrogen and oxygen atoms in total. The molecule has 5 heteroatoms. The van der Waals surface area contributed by atoms with E-state index in [4.69, 9.17) is 5.73 Å². The predicted octanol–water partition coefficient (Wildman–Crippen LogP) is 2.09. The predicted molar refractivity (Wildman–Crippen MR) is 78.1 cm³/mol. The van der Waals surface area contributed by atoms with E-state index in [9.17, 15) is 0 Å². The third-order valence-electron chi connectivity index (χ3n) is 3.44. The molecule has 0 amide bonds. The molecule has 0 radical (unpaired) electrons. The summed E-state index contributed by atoms with van der Waals surface area (Å²) in [7, 11) is 0.